The largest absolute Gasteiger partial charge is 0.507 e. The van der Waals surface area contributed by atoms with E-state index >= 15 is 0 Å². The number of hydrogen-bond acceptors (Lipinski definition) is 6. The van der Waals surface area contributed by atoms with Crippen LogP contribution in [-0.2, 0) is 9.53 Å². The molecule has 7 heteroatoms. The molecule has 134 valence electrons. The summed E-state index contributed by atoms with van der Waals surface area (Å²) in [7, 11) is 1.21. The Bertz CT molecular complexity index is 1100. The number of ether oxygens (including phenoxy) is 1. The predicted molar refractivity (Wildman–Crippen MR) is 94.4 cm³/mol. The van der Waals surface area contributed by atoms with Crippen molar-refractivity contribution in [2.45, 2.75) is 19.3 Å². The van der Waals surface area contributed by atoms with Gasteiger partial charge in [0.1, 0.15) is 11.5 Å². The first kappa shape index (κ1) is 17.5. The molecule has 2 aromatic heterocycles. The molecule has 0 spiro atoms. The highest BCUT2D eigenvalue weighted by Crippen LogP contribution is 2.31. The van der Waals surface area contributed by atoms with Crippen LogP contribution in [-0.4, -0.2) is 23.2 Å². The summed E-state index contributed by atoms with van der Waals surface area (Å²) in [6.45, 7) is 1.52. The van der Waals surface area contributed by atoms with E-state index < -0.39 is 23.1 Å². The van der Waals surface area contributed by atoms with Gasteiger partial charge in [0, 0.05) is 23.1 Å². The second kappa shape index (κ2) is 6.87. The first-order valence-electron chi connectivity index (χ1n) is 7.93. The van der Waals surface area contributed by atoms with Crippen LogP contribution in [0.4, 0.5) is 0 Å². The minimum absolute atomic E-state index is 0.151. The lowest BCUT2D eigenvalue weighted by Crippen LogP contribution is -2.24. The number of hydrogen-bond donors (Lipinski definition) is 2. The van der Waals surface area contributed by atoms with Crippen LogP contribution in [0.15, 0.2) is 50.4 Å². The molecular formula is C19H17NO6. The molecule has 0 bridgehead atoms. The van der Waals surface area contributed by atoms with Crippen molar-refractivity contribution in [3.63, 3.8) is 0 Å². The predicted octanol–water partition coefficient (Wildman–Crippen LogP) is 2.19. The van der Waals surface area contributed by atoms with Crippen LogP contribution in [0.5, 0.6) is 5.75 Å². The Morgan fingerprint density at radius 1 is 1.27 bits per heavy atom. The van der Waals surface area contributed by atoms with E-state index in [9.17, 15) is 19.5 Å². The molecular weight excluding hydrogens is 338 g/mol. The summed E-state index contributed by atoms with van der Waals surface area (Å²) in [6.07, 6.45) is -0.292. The van der Waals surface area contributed by atoms with Crippen molar-refractivity contribution in [1.29, 1.82) is 0 Å². The van der Waals surface area contributed by atoms with Crippen LogP contribution in [0.1, 0.15) is 29.2 Å². The fourth-order valence-electron chi connectivity index (χ4n) is 2.97. The number of nitrogens with one attached hydrogen (secondary N) is 1. The number of aromatic amines is 1. The van der Waals surface area contributed by atoms with Gasteiger partial charge >= 0.3 is 11.6 Å². The highest BCUT2D eigenvalue weighted by molar-refractivity contribution is 5.79. The van der Waals surface area contributed by atoms with E-state index in [1.807, 2.05) is 0 Å². The highest BCUT2D eigenvalue weighted by Gasteiger charge is 2.28. The molecule has 3 aromatic rings. The standard InChI is InChI=1S/C19H17NO6/c1-10-7-15(21)17(19(24)26-10)12(9-16(22)25-2)13-8-11-5-3-4-6-14(11)20-18(13)23/h3-8,12,21H,9H2,1-2H3,(H,20,23)/t12-/m1/s1. The molecule has 0 aliphatic carbocycles. The van der Waals surface area contributed by atoms with Crippen molar-refractivity contribution >= 4 is 16.9 Å². The van der Waals surface area contributed by atoms with Gasteiger partial charge < -0.3 is 19.2 Å². The fraction of sp³-hybridized carbons (Fsp3) is 0.211. The summed E-state index contributed by atoms with van der Waals surface area (Å²) < 4.78 is 9.74. The molecule has 7 nitrogen and oxygen atoms in total. The summed E-state index contributed by atoms with van der Waals surface area (Å²) in [6, 6.07) is 9.99. The number of para-hydroxylation sites is 1. The van der Waals surface area contributed by atoms with Gasteiger partial charge in [-0.05, 0) is 24.4 Å². The number of aryl methyl sites for hydroxylation is 1. The maximum atomic E-state index is 12.6. The Hall–Kier alpha value is -3.35. The summed E-state index contributed by atoms with van der Waals surface area (Å²) in [5, 5.41) is 11.0. The fourth-order valence-corrected chi connectivity index (χ4v) is 2.97. The van der Waals surface area contributed by atoms with E-state index in [-0.39, 0.29) is 29.1 Å². The molecule has 0 fully saturated rings. The molecule has 1 aromatic carbocycles. The minimum Gasteiger partial charge on any atom is -0.507 e. The summed E-state index contributed by atoms with van der Waals surface area (Å²) in [5.74, 6) is -1.74. The Kier molecular flexibility index (Phi) is 4.62. The number of rotatable bonds is 4. The normalized spacial score (nSPS) is 12.1. The zero-order valence-corrected chi connectivity index (χ0v) is 14.2. The number of esters is 1. The van der Waals surface area contributed by atoms with E-state index in [1.165, 1.54) is 20.1 Å². The van der Waals surface area contributed by atoms with Gasteiger partial charge in [-0.2, -0.15) is 0 Å². The molecule has 26 heavy (non-hydrogen) atoms. The molecule has 2 N–H and O–H groups in total. The number of carbonyl (C=O) groups excluding carboxylic acids is 1. The number of pyridine rings is 1. The summed E-state index contributed by atoms with van der Waals surface area (Å²) in [5.41, 5.74) is -0.624. The molecule has 0 unspecified atom stereocenters. The van der Waals surface area contributed by atoms with E-state index in [0.29, 0.717) is 5.52 Å². The van der Waals surface area contributed by atoms with Gasteiger partial charge in [-0.15, -0.1) is 0 Å². The smallest absolute Gasteiger partial charge is 0.343 e. The third-order valence-electron chi connectivity index (χ3n) is 4.19. The van der Waals surface area contributed by atoms with Gasteiger partial charge in [0.25, 0.3) is 5.56 Å². The Labute approximate surface area is 147 Å². The van der Waals surface area contributed by atoms with Crippen LogP contribution in [0.3, 0.4) is 0 Å². The Balaban J connectivity index is 2.26. The average Bonchev–Trinajstić information content (AvgIpc) is 2.59. The number of aromatic hydroxyl groups is 1. The Morgan fingerprint density at radius 3 is 2.69 bits per heavy atom. The molecule has 0 aliphatic heterocycles. The van der Waals surface area contributed by atoms with E-state index in [2.05, 4.69) is 9.72 Å². The quantitative estimate of drug-likeness (QED) is 0.694. The molecule has 0 amide bonds. The lowest BCUT2D eigenvalue weighted by Gasteiger charge is -2.16. The van der Waals surface area contributed by atoms with Gasteiger partial charge in [-0.3, -0.25) is 9.59 Å². The lowest BCUT2D eigenvalue weighted by molar-refractivity contribution is -0.140. The monoisotopic (exact) mass is 355 g/mol. The molecule has 0 radical (unpaired) electrons. The maximum Gasteiger partial charge on any atom is 0.343 e. The van der Waals surface area contributed by atoms with Gasteiger partial charge in [0.2, 0.25) is 0 Å². The number of methoxy groups -OCH3 is 1. The van der Waals surface area contributed by atoms with Crippen molar-refractivity contribution in [3.8, 4) is 5.75 Å². The van der Waals surface area contributed by atoms with Gasteiger partial charge in [-0.25, -0.2) is 4.79 Å². The first-order chi connectivity index (χ1) is 12.4. The maximum absolute atomic E-state index is 12.6. The van der Waals surface area contributed by atoms with Crippen molar-refractivity contribution in [2.75, 3.05) is 7.11 Å². The topological polar surface area (TPSA) is 110 Å². The zero-order chi connectivity index (χ0) is 18.8. The van der Waals surface area contributed by atoms with Gasteiger partial charge in [-0.1, -0.05) is 18.2 Å². The van der Waals surface area contributed by atoms with Crippen molar-refractivity contribution < 1.29 is 19.1 Å². The van der Waals surface area contributed by atoms with Crippen LogP contribution < -0.4 is 11.2 Å². The SMILES string of the molecule is COC(=O)C[C@H](c1cc2ccccc2[nH]c1=O)c1c(O)cc(C)oc1=O. The third kappa shape index (κ3) is 3.23. The van der Waals surface area contributed by atoms with Gasteiger partial charge in [0.05, 0.1) is 19.1 Å². The molecule has 0 saturated heterocycles. The van der Waals surface area contributed by atoms with Crippen LogP contribution in [0.25, 0.3) is 10.9 Å². The number of carbonyl (C=O) groups is 1. The molecule has 3 rings (SSSR count). The van der Waals surface area contributed by atoms with Crippen LogP contribution >= 0.6 is 0 Å². The molecule has 0 saturated carbocycles. The number of aromatic nitrogens is 1. The minimum atomic E-state index is -1.01. The summed E-state index contributed by atoms with van der Waals surface area (Å²) in [4.78, 5) is 39.5. The zero-order valence-electron chi connectivity index (χ0n) is 14.2. The van der Waals surface area contributed by atoms with Gasteiger partial charge in [0.15, 0.2) is 0 Å². The average molecular weight is 355 g/mol. The number of fused-ring (bicyclic) bond motifs is 1. The second-order valence-corrected chi connectivity index (χ2v) is 5.92. The third-order valence-corrected chi connectivity index (χ3v) is 4.19. The van der Waals surface area contributed by atoms with Crippen molar-refractivity contribution in [3.05, 3.63) is 74.1 Å². The van der Waals surface area contributed by atoms with Crippen molar-refractivity contribution in [1.82, 2.24) is 4.98 Å². The number of benzene rings is 1. The van der Waals surface area contributed by atoms with E-state index in [4.69, 9.17) is 4.42 Å². The first-order valence-corrected chi connectivity index (χ1v) is 7.93. The molecule has 1 atom stereocenters. The lowest BCUT2D eigenvalue weighted by atomic mass is 9.89. The summed E-state index contributed by atoms with van der Waals surface area (Å²) >= 11 is 0. The molecule has 2 heterocycles. The second-order valence-electron chi connectivity index (χ2n) is 5.92. The van der Waals surface area contributed by atoms with Crippen LogP contribution in [0, 0.1) is 6.92 Å². The Morgan fingerprint density at radius 2 is 2.00 bits per heavy atom. The van der Waals surface area contributed by atoms with Crippen LogP contribution in [0.2, 0.25) is 0 Å². The van der Waals surface area contributed by atoms with E-state index in [0.717, 1.165) is 5.39 Å². The molecule has 0 aliphatic rings. The van der Waals surface area contributed by atoms with E-state index in [1.54, 1.807) is 30.3 Å². The highest BCUT2D eigenvalue weighted by atomic mass is 16.5. The number of H-pyrrole nitrogens is 1. The van der Waals surface area contributed by atoms with Crippen molar-refractivity contribution in [2.24, 2.45) is 0 Å².